The Bertz CT molecular complexity index is 114. The van der Waals surface area contributed by atoms with Crippen LogP contribution in [0, 0.1) is 0 Å². The van der Waals surface area contributed by atoms with Gasteiger partial charge in [-0.25, -0.2) is 0 Å². The second-order valence-corrected chi connectivity index (χ2v) is 2.33. The van der Waals surface area contributed by atoms with Crippen molar-refractivity contribution in [1.82, 2.24) is 10.6 Å². The van der Waals surface area contributed by atoms with E-state index in [-0.39, 0.29) is 11.9 Å². The number of carbonyl (C=O) groups excluding carboxylic acids is 1. The maximum absolute atomic E-state index is 10.6. The highest BCUT2D eigenvalue weighted by atomic mass is 16.5. The molecule has 0 radical (unpaired) electrons. The number of hydrogen-bond donors (Lipinski definition) is 2. The van der Waals surface area contributed by atoms with Crippen LogP contribution in [0.2, 0.25) is 0 Å². The van der Waals surface area contributed by atoms with Crippen LogP contribution in [0.5, 0.6) is 0 Å². The molecule has 0 saturated heterocycles. The molecule has 4 nitrogen and oxygen atoms in total. The molecule has 0 aromatic heterocycles. The van der Waals surface area contributed by atoms with Gasteiger partial charge in [-0.1, -0.05) is 12.1 Å². The van der Waals surface area contributed by atoms with Crippen LogP contribution >= 0.6 is 0 Å². The molecule has 60 valence electrons. The zero-order valence-corrected chi connectivity index (χ0v) is 6.59. The number of nitrogens with one attached hydrogen (secondary N) is 1. The minimum Gasteiger partial charge on any atom is -0.294 e. The van der Waals surface area contributed by atoms with E-state index in [1.54, 1.807) is 20.8 Å². The molecular weight excluding hydrogens is 132 g/mol. The number of hydrazine groups is 1. The van der Waals surface area contributed by atoms with Gasteiger partial charge in [0.2, 0.25) is 5.91 Å². The van der Waals surface area contributed by atoms with Crippen molar-refractivity contribution in [3.63, 3.8) is 0 Å². The number of hydroxylamine groups is 1. The molecule has 0 atom stereocenters. The molecule has 2 N–H and O–H groups in total. The average Bonchev–Trinajstić information content (AvgIpc) is 1.87. The summed E-state index contributed by atoms with van der Waals surface area (Å²) in [5.74, 6) is -0.184. The summed E-state index contributed by atoms with van der Waals surface area (Å²) in [5, 5.41) is 9.73. The van der Waals surface area contributed by atoms with Gasteiger partial charge in [-0.3, -0.25) is 15.4 Å². The smallest absolute Gasteiger partial charge is 0.235 e. The largest absolute Gasteiger partial charge is 0.294 e. The lowest BCUT2D eigenvalue weighted by molar-refractivity contribution is -0.174. The molecular formula is C6H14N2O2. The average molecular weight is 146 g/mol. The van der Waals surface area contributed by atoms with Gasteiger partial charge >= 0.3 is 0 Å². The Kier molecular flexibility index (Phi) is 3.99. The first kappa shape index (κ1) is 9.39. The summed E-state index contributed by atoms with van der Waals surface area (Å²) in [7, 11) is 0. The molecule has 0 aromatic carbocycles. The van der Waals surface area contributed by atoms with Crippen molar-refractivity contribution < 1.29 is 10.0 Å². The van der Waals surface area contributed by atoms with Crippen LogP contribution in [-0.4, -0.2) is 22.3 Å². The van der Waals surface area contributed by atoms with Crippen molar-refractivity contribution in [2.75, 3.05) is 0 Å². The van der Waals surface area contributed by atoms with E-state index in [4.69, 9.17) is 5.21 Å². The molecule has 1 amide bonds. The topological polar surface area (TPSA) is 52.6 Å². The lowest BCUT2D eigenvalue weighted by Crippen LogP contribution is -2.43. The first-order valence-corrected chi connectivity index (χ1v) is 3.35. The predicted molar refractivity (Wildman–Crippen MR) is 37.2 cm³/mol. The van der Waals surface area contributed by atoms with Gasteiger partial charge in [-0.05, 0) is 13.8 Å². The van der Waals surface area contributed by atoms with E-state index in [2.05, 4.69) is 5.43 Å². The molecule has 0 saturated carbocycles. The summed E-state index contributed by atoms with van der Waals surface area (Å²) < 4.78 is 0. The zero-order chi connectivity index (χ0) is 8.15. The number of nitrogens with zero attached hydrogens (tertiary/aromatic N) is 1. The van der Waals surface area contributed by atoms with Crippen LogP contribution in [0.15, 0.2) is 0 Å². The summed E-state index contributed by atoms with van der Waals surface area (Å²) in [5.41, 5.74) is 2.28. The fourth-order valence-electron chi connectivity index (χ4n) is 0.336. The third-order valence-corrected chi connectivity index (χ3v) is 1.05. The zero-order valence-electron chi connectivity index (χ0n) is 6.59. The molecule has 0 rings (SSSR count). The molecule has 0 heterocycles. The van der Waals surface area contributed by atoms with E-state index in [0.29, 0.717) is 6.42 Å². The molecule has 0 aliphatic heterocycles. The number of carbonyl (C=O) groups is 1. The molecule has 0 aromatic rings. The van der Waals surface area contributed by atoms with Crippen molar-refractivity contribution in [3.05, 3.63) is 0 Å². The quantitative estimate of drug-likeness (QED) is 0.571. The van der Waals surface area contributed by atoms with Gasteiger partial charge in [-0.2, -0.15) is 0 Å². The fraction of sp³-hybridized carbons (Fsp3) is 0.833. The third kappa shape index (κ3) is 3.42. The third-order valence-electron chi connectivity index (χ3n) is 1.05. The number of hydrogen-bond acceptors (Lipinski definition) is 3. The summed E-state index contributed by atoms with van der Waals surface area (Å²) in [6.45, 7) is 5.27. The van der Waals surface area contributed by atoms with Crippen LogP contribution in [0.25, 0.3) is 0 Å². The Labute approximate surface area is 60.8 Å². The fourth-order valence-corrected chi connectivity index (χ4v) is 0.336. The Balaban J connectivity index is 3.57. The molecule has 0 fully saturated rings. The minimum absolute atomic E-state index is 0.0875. The van der Waals surface area contributed by atoms with Crippen molar-refractivity contribution in [2.45, 2.75) is 33.2 Å². The first-order chi connectivity index (χ1) is 4.57. The molecule has 0 bridgehead atoms. The van der Waals surface area contributed by atoms with Crippen LogP contribution < -0.4 is 5.43 Å². The highest BCUT2D eigenvalue weighted by Gasteiger charge is 2.06. The van der Waals surface area contributed by atoms with E-state index in [1.165, 1.54) is 0 Å². The normalized spacial score (nSPS) is 10.6. The molecule has 4 heteroatoms. The van der Waals surface area contributed by atoms with Gasteiger partial charge in [0.1, 0.15) is 0 Å². The van der Waals surface area contributed by atoms with E-state index in [9.17, 15) is 4.79 Å². The van der Waals surface area contributed by atoms with Gasteiger partial charge in [0, 0.05) is 6.42 Å². The highest BCUT2D eigenvalue weighted by molar-refractivity contribution is 5.74. The van der Waals surface area contributed by atoms with E-state index in [0.717, 1.165) is 5.17 Å². The van der Waals surface area contributed by atoms with E-state index in [1.807, 2.05) is 0 Å². The second kappa shape index (κ2) is 4.24. The van der Waals surface area contributed by atoms with Crippen LogP contribution in [0.3, 0.4) is 0 Å². The van der Waals surface area contributed by atoms with Gasteiger partial charge in [0.25, 0.3) is 0 Å². The standard InChI is InChI=1S/C6H14N2O2/c1-4-6(9)7-8(10)5(2)3/h5,10H,4H2,1-3H3,(H,7,9). The summed E-state index contributed by atoms with van der Waals surface area (Å²) in [6, 6.07) is -0.0875. The highest BCUT2D eigenvalue weighted by Crippen LogP contribution is 1.87. The van der Waals surface area contributed by atoms with Gasteiger partial charge in [0.05, 0.1) is 6.04 Å². The summed E-state index contributed by atoms with van der Waals surface area (Å²) in [4.78, 5) is 10.6. The van der Waals surface area contributed by atoms with Gasteiger partial charge < -0.3 is 0 Å². The van der Waals surface area contributed by atoms with Gasteiger partial charge in [0.15, 0.2) is 0 Å². The Morgan fingerprint density at radius 1 is 1.70 bits per heavy atom. The molecule has 0 aliphatic carbocycles. The predicted octanol–water partition coefficient (Wildman–Crippen LogP) is 0.527. The van der Waals surface area contributed by atoms with Crippen LogP contribution in [0.4, 0.5) is 0 Å². The first-order valence-electron chi connectivity index (χ1n) is 3.35. The summed E-state index contributed by atoms with van der Waals surface area (Å²) >= 11 is 0. The number of amides is 1. The maximum Gasteiger partial charge on any atom is 0.235 e. The van der Waals surface area contributed by atoms with Gasteiger partial charge in [-0.15, -0.1) is 0 Å². The van der Waals surface area contributed by atoms with Crippen molar-refractivity contribution in [3.8, 4) is 0 Å². The lowest BCUT2D eigenvalue weighted by Gasteiger charge is -2.18. The SMILES string of the molecule is CCC(=O)NN(O)C(C)C. The maximum atomic E-state index is 10.6. The molecule has 0 unspecified atom stereocenters. The van der Waals surface area contributed by atoms with E-state index < -0.39 is 0 Å². The number of rotatable bonds is 3. The van der Waals surface area contributed by atoms with Crippen molar-refractivity contribution in [1.29, 1.82) is 0 Å². The minimum atomic E-state index is -0.184. The van der Waals surface area contributed by atoms with Crippen LogP contribution in [-0.2, 0) is 4.79 Å². The Morgan fingerprint density at radius 2 is 2.20 bits per heavy atom. The van der Waals surface area contributed by atoms with Crippen molar-refractivity contribution in [2.24, 2.45) is 0 Å². The Morgan fingerprint density at radius 3 is 2.50 bits per heavy atom. The van der Waals surface area contributed by atoms with E-state index >= 15 is 0 Å². The monoisotopic (exact) mass is 146 g/mol. The lowest BCUT2D eigenvalue weighted by atomic mass is 10.4. The second-order valence-electron chi connectivity index (χ2n) is 2.33. The molecule has 0 aliphatic rings. The van der Waals surface area contributed by atoms with Crippen molar-refractivity contribution >= 4 is 5.91 Å². The van der Waals surface area contributed by atoms with Crippen LogP contribution in [0.1, 0.15) is 27.2 Å². The molecule has 0 spiro atoms. The Hall–Kier alpha value is -0.610. The molecule has 10 heavy (non-hydrogen) atoms. The summed E-state index contributed by atoms with van der Waals surface area (Å²) in [6.07, 6.45) is 0.379.